The van der Waals surface area contributed by atoms with Crippen molar-refractivity contribution in [3.05, 3.63) is 46.4 Å². The summed E-state index contributed by atoms with van der Waals surface area (Å²) in [5, 5.41) is 0. The second-order valence-corrected chi connectivity index (χ2v) is 6.53. The number of nitrogens with zero attached hydrogens (tertiary/aromatic N) is 1. The smallest absolute Gasteiger partial charge is 0.264 e. The number of nitrogens with one attached hydrogen (secondary N) is 1. The van der Waals surface area contributed by atoms with Crippen molar-refractivity contribution in [2.24, 2.45) is 0 Å². The van der Waals surface area contributed by atoms with Crippen LogP contribution < -0.4 is 10.5 Å². The molecule has 0 fully saturated rings. The van der Waals surface area contributed by atoms with Gasteiger partial charge in [-0.25, -0.2) is 17.8 Å². The van der Waals surface area contributed by atoms with Gasteiger partial charge in [-0.2, -0.15) is 0 Å². The number of anilines is 2. The van der Waals surface area contributed by atoms with Crippen LogP contribution in [0.5, 0.6) is 0 Å². The molecule has 3 N–H and O–H groups in total. The van der Waals surface area contributed by atoms with Gasteiger partial charge in [0.2, 0.25) is 0 Å². The minimum Gasteiger partial charge on any atom is -0.399 e. The van der Waals surface area contributed by atoms with Crippen LogP contribution >= 0.6 is 15.9 Å². The van der Waals surface area contributed by atoms with Gasteiger partial charge in [-0.05, 0) is 52.7 Å². The fourth-order valence-electron chi connectivity index (χ4n) is 1.56. The number of nitrogens with two attached hydrogens (primary N) is 1. The summed E-state index contributed by atoms with van der Waals surface area (Å²) in [6, 6.07) is 4.98. The number of hydrogen-bond donors (Lipinski definition) is 2. The Balaban J connectivity index is 2.38. The van der Waals surface area contributed by atoms with Crippen molar-refractivity contribution in [1.82, 2.24) is 4.98 Å². The zero-order chi connectivity index (χ0) is 14.9. The van der Waals surface area contributed by atoms with Crippen molar-refractivity contribution in [2.45, 2.75) is 11.8 Å². The molecule has 2 rings (SSSR count). The van der Waals surface area contributed by atoms with E-state index in [0.717, 1.165) is 17.7 Å². The third-order valence-electron chi connectivity index (χ3n) is 2.51. The van der Waals surface area contributed by atoms with Gasteiger partial charge in [0, 0.05) is 5.69 Å². The Morgan fingerprint density at radius 3 is 2.65 bits per heavy atom. The largest absolute Gasteiger partial charge is 0.399 e. The maximum Gasteiger partial charge on any atom is 0.264 e. The molecule has 0 spiro atoms. The number of aromatic nitrogens is 1. The molecule has 0 radical (unpaired) electrons. The van der Waals surface area contributed by atoms with Gasteiger partial charge in [0.05, 0.1) is 11.9 Å². The number of aryl methyl sites for hydroxylation is 1. The number of halogens is 2. The molecule has 1 heterocycles. The topological polar surface area (TPSA) is 85.1 Å². The summed E-state index contributed by atoms with van der Waals surface area (Å²) in [5.41, 5.74) is 6.55. The molecular weight excluding hydrogens is 349 g/mol. The Bertz CT molecular complexity index is 765. The minimum absolute atomic E-state index is 0.155. The van der Waals surface area contributed by atoms with Crippen LogP contribution in [0.2, 0.25) is 0 Å². The summed E-state index contributed by atoms with van der Waals surface area (Å²) in [5.74, 6) is -0.903. The van der Waals surface area contributed by atoms with Crippen LogP contribution in [-0.4, -0.2) is 13.4 Å². The average Bonchev–Trinajstić information content (AvgIpc) is 2.33. The first kappa shape index (κ1) is 14.7. The van der Waals surface area contributed by atoms with E-state index in [2.05, 4.69) is 25.6 Å². The van der Waals surface area contributed by atoms with E-state index in [9.17, 15) is 12.8 Å². The van der Waals surface area contributed by atoms with Crippen LogP contribution in [0.1, 0.15) is 5.56 Å². The molecule has 1 aromatic heterocycles. The van der Waals surface area contributed by atoms with Gasteiger partial charge in [-0.15, -0.1) is 0 Å². The molecule has 0 unspecified atom stereocenters. The number of benzene rings is 1. The standard InChI is InChI=1S/C12H11BrFN3O2S/c1-7-4-9(6-16-12(7)13)17-20(18,19)11-3-2-8(15)5-10(11)14/h2-6,17H,15H2,1H3. The normalized spacial score (nSPS) is 11.3. The molecule has 1 aromatic carbocycles. The van der Waals surface area contributed by atoms with E-state index >= 15 is 0 Å². The van der Waals surface area contributed by atoms with Crippen LogP contribution in [0.25, 0.3) is 0 Å². The predicted octanol–water partition coefficient (Wildman–Crippen LogP) is 2.67. The van der Waals surface area contributed by atoms with Crippen molar-refractivity contribution in [1.29, 1.82) is 0 Å². The van der Waals surface area contributed by atoms with Gasteiger partial charge in [0.1, 0.15) is 15.3 Å². The lowest BCUT2D eigenvalue weighted by Crippen LogP contribution is -2.15. The highest BCUT2D eigenvalue weighted by atomic mass is 79.9. The number of nitrogen functional groups attached to an aromatic ring is 1. The van der Waals surface area contributed by atoms with Gasteiger partial charge in [0.15, 0.2) is 0 Å². The number of hydrogen-bond acceptors (Lipinski definition) is 4. The lowest BCUT2D eigenvalue weighted by molar-refractivity contribution is 0.571. The molecule has 106 valence electrons. The molecule has 0 bridgehead atoms. The lowest BCUT2D eigenvalue weighted by Gasteiger charge is -2.10. The second-order valence-electron chi connectivity index (χ2n) is 4.13. The number of sulfonamides is 1. The SMILES string of the molecule is Cc1cc(NS(=O)(=O)c2ccc(N)cc2F)cnc1Br. The lowest BCUT2D eigenvalue weighted by atomic mass is 10.3. The van der Waals surface area contributed by atoms with E-state index in [1.54, 1.807) is 13.0 Å². The maximum atomic E-state index is 13.7. The van der Waals surface area contributed by atoms with Crippen LogP contribution in [0, 0.1) is 12.7 Å². The predicted molar refractivity (Wildman–Crippen MR) is 78.3 cm³/mol. The summed E-state index contributed by atoms with van der Waals surface area (Å²) in [6.45, 7) is 1.76. The highest BCUT2D eigenvalue weighted by Crippen LogP contribution is 2.22. The monoisotopic (exact) mass is 359 g/mol. The zero-order valence-electron chi connectivity index (χ0n) is 10.4. The van der Waals surface area contributed by atoms with Crippen molar-refractivity contribution < 1.29 is 12.8 Å². The first-order valence-corrected chi connectivity index (χ1v) is 7.77. The average molecular weight is 360 g/mol. The van der Waals surface area contributed by atoms with Gasteiger partial charge in [-0.1, -0.05) is 0 Å². The summed E-state index contributed by atoms with van der Waals surface area (Å²) >= 11 is 3.21. The fraction of sp³-hybridized carbons (Fsp3) is 0.0833. The van der Waals surface area contributed by atoms with Crippen LogP contribution in [0.15, 0.2) is 40.0 Å². The first-order chi connectivity index (χ1) is 9.29. The number of pyridine rings is 1. The Labute approximate surface area is 124 Å². The summed E-state index contributed by atoms with van der Waals surface area (Å²) in [6.07, 6.45) is 1.34. The van der Waals surface area contributed by atoms with Crippen LogP contribution in [0.4, 0.5) is 15.8 Å². The first-order valence-electron chi connectivity index (χ1n) is 5.49. The van der Waals surface area contributed by atoms with Crippen LogP contribution in [0.3, 0.4) is 0 Å². The Morgan fingerprint density at radius 2 is 2.05 bits per heavy atom. The summed E-state index contributed by atoms with van der Waals surface area (Å²) in [7, 11) is -4.03. The van der Waals surface area contributed by atoms with E-state index in [1.165, 1.54) is 12.3 Å². The second kappa shape index (κ2) is 5.37. The van der Waals surface area contributed by atoms with Crippen molar-refractivity contribution in [2.75, 3.05) is 10.5 Å². The third kappa shape index (κ3) is 3.07. The molecule has 0 aliphatic carbocycles. The van der Waals surface area contributed by atoms with Crippen molar-refractivity contribution >= 4 is 37.3 Å². The molecule has 0 saturated carbocycles. The van der Waals surface area contributed by atoms with E-state index < -0.39 is 20.7 Å². The maximum absolute atomic E-state index is 13.7. The molecular formula is C12H11BrFN3O2S. The molecule has 0 aliphatic heterocycles. The molecule has 0 atom stereocenters. The molecule has 2 aromatic rings. The third-order valence-corrected chi connectivity index (χ3v) is 4.76. The van der Waals surface area contributed by atoms with Gasteiger partial charge >= 0.3 is 0 Å². The van der Waals surface area contributed by atoms with E-state index in [4.69, 9.17) is 5.73 Å². The number of rotatable bonds is 3. The highest BCUT2D eigenvalue weighted by Gasteiger charge is 2.19. The molecule has 8 heteroatoms. The van der Waals surface area contributed by atoms with E-state index in [1.807, 2.05) is 0 Å². The molecule has 20 heavy (non-hydrogen) atoms. The van der Waals surface area contributed by atoms with Gasteiger partial charge in [0.25, 0.3) is 10.0 Å². The van der Waals surface area contributed by atoms with Gasteiger partial charge in [-0.3, -0.25) is 4.72 Å². The quantitative estimate of drug-likeness (QED) is 0.651. The molecule has 0 amide bonds. The summed E-state index contributed by atoms with van der Waals surface area (Å²) < 4.78 is 40.7. The molecule has 5 nitrogen and oxygen atoms in total. The Kier molecular flexibility index (Phi) is 3.96. The van der Waals surface area contributed by atoms with E-state index in [-0.39, 0.29) is 11.4 Å². The molecule has 0 saturated heterocycles. The minimum atomic E-state index is -4.03. The summed E-state index contributed by atoms with van der Waals surface area (Å²) in [4.78, 5) is 3.50. The van der Waals surface area contributed by atoms with Crippen molar-refractivity contribution in [3.8, 4) is 0 Å². The Hall–Kier alpha value is -1.67. The molecule has 0 aliphatic rings. The Morgan fingerprint density at radius 1 is 1.35 bits per heavy atom. The zero-order valence-corrected chi connectivity index (χ0v) is 12.8. The van der Waals surface area contributed by atoms with E-state index in [0.29, 0.717) is 4.60 Å². The van der Waals surface area contributed by atoms with Gasteiger partial charge < -0.3 is 5.73 Å². The fourth-order valence-corrected chi connectivity index (χ4v) is 2.87. The van der Waals surface area contributed by atoms with Crippen molar-refractivity contribution in [3.63, 3.8) is 0 Å². The highest BCUT2D eigenvalue weighted by molar-refractivity contribution is 9.10. The van der Waals surface area contributed by atoms with Crippen LogP contribution in [-0.2, 0) is 10.0 Å².